The summed E-state index contributed by atoms with van der Waals surface area (Å²) in [4.78, 5) is 4.24. The van der Waals surface area contributed by atoms with Crippen LogP contribution in [0, 0.1) is 11.6 Å². The highest BCUT2D eigenvalue weighted by Gasteiger charge is 2.15. The van der Waals surface area contributed by atoms with Gasteiger partial charge in [0.25, 0.3) is 0 Å². The highest BCUT2D eigenvalue weighted by Crippen LogP contribution is 2.29. The van der Waals surface area contributed by atoms with Crippen molar-refractivity contribution in [3.05, 3.63) is 47.5 Å². The maximum atomic E-state index is 13.8. The Hall–Kier alpha value is -2.43. The Balaban J connectivity index is 2.17. The van der Waals surface area contributed by atoms with Gasteiger partial charge in [0.2, 0.25) is 5.89 Å². The first-order valence-electron chi connectivity index (χ1n) is 6.23. The van der Waals surface area contributed by atoms with Crippen molar-refractivity contribution >= 4 is 16.8 Å². The van der Waals surface area contributed by atoms with Gasteiger partial charge in [-0.3, -0.25) is 0 Å². The number of nitrogens with zero attached hydrogens (tertiary/aromatic N) is 1. The largest absolute Gasteiger partial charge is 0.436 e. The molecular formula is C15H12F2N2O. The van der Waals surface area contributed by atoms with Crippen molar-refractivity contribution in [1.82, 2.24) is 4.98 Å². The van der Waals surface area contributed by atoms with Crippen LogP contribution in [0.3, 0.4) is 0 Å². The number of oxazole rings is 1. The number of aryl methyl sites for hydroxylation is 1. The molecule has 0 aliphatic heterocycles. The van der Waals surface area contributed by atoms with Gasteiger partial charge >= 0.3 is 0 Å². The molecule has 102 valence electrons. The first-order valence-corrected chi connectivity index (χ1v) is 6.23. The molecule has 2 N–H and O–H groups in total. The third-order valence-electron chi connectivity index (χ3n) is 3.18. The van der Waals surface area contributed by atoms with E-state index < -0.39 is 11.6 Å². The van der Waals surface area contributed by atoms with Crippen molar-refractivity contribution < 1.29 is 13.2 Å². The van der Waals surface area contributed by atoms with Gasteiger partial charge in [-0.05, 0) is 30.2 Å². The molecule has 0 spiro atoms. The monoisotopic (exact) mass is 274 g/mol. The van der Waals surface area contributed by atoms with Gasteiger partial charge in [-0.2, -0.15) is 0 Å². The fourth-order valence-corrected chi connectivity index (χ4v) is 2.04. The Morgan fingerprint density at radius 3 is 2.70 bits per heavy atom. The predicted molar refractivity (Wildman–Crippen MR) is 73.2 cm³/mol. The minimum Gasteiger partial charge on any atom is -0.436 e. The van der Waals surface area contributed by atoms with E-state index in [1.165, 1.54) is 6.07 Å². The van der Waals surface area contributed by atoms with Crippen LogP contribution in [-0.4, -0.2) is 4.98 Å². The zero-order valence-corrected chi connectivity index (χ0v) is 10.8. The van der Waals surface area contributed by atoms with Gasteiger partial charge in [-0.1, -0.05) is 13.0 Å². The lowest BCUT2D eigenvalue weighted by molar-refractivity contribution is 0.574. The van der Waals surface area contributed by atoms with Crippen LogP contribution in [-0.2, 0) is 6.42 Å². The van der Waals surface area contributed by atoms with E-state index in [1.807, 2.05) is 19.1 Å². The van der Waals surface area contributed by atoms with Crippen LogP contribution in [0.5, 0.6) is 0 Å². The number of fused-ring (bicyclic) bond motifs is 1. The van der Waals surface area contributed by atoms with Crippen molar-refractivity contribution in [2.24, 2.45) is 0 Å². The predicted octanol–water partition coefficient (Wildman–Crippen LogP) is 3.92. The number of benzene rings is 2. The molecule has 0 bridgehead atoms. The van der Waals surface area contributed by atoms with Gasteiger partial charge < -0.3 is 10.2 Å². The lowest BCUT2D eigenvalue weighted by atomic mass is 10.1. The van der Waals surface area contributed by atoms with Crippen molar-refractivity contribution in [2.45, 2.75) is 13.3 Å². The average molecular weight is 274 g/mol. The Morgan fingerprint density at radius 1 is 1.15 bits per heavy atom. The van der Waals surface area contributed by atoms with Gasteiger partial charge in [0.1, 0.15) is 17.2 Å². The summed E-state index contributed by atoms with van der Waals surface area (Å²) in [6.07, 6.45) is 0.871. The molecular weight excluding hydrogens is 262 g/mol. The number of halogens is 2. The summed E-state index contributed by atoms with van der Waals surface area (Å²) < 4.78 is 32.5. The van der Waals surface area contributed by atoms with E-state index in [0.29, 0.717) is 11.1 Å². The van der Waals surface area contributed by atoms with Crippen LogP contribution >= 0.6 is 0 Å². The van der Waals surface area contributed by atoms with Crippen molar-refractivity contribution in [1.29, 1.82) is 0 Å². The lowest BCUT2D eigenvalue weighted by Gasteiger charge is -2.01. The van der Waals surface area contributed by atoms with Crippen molar-refractivity contribution in [3.63, 3.8) is 0 Å². The van der Waals surface area contributed by atoms with Gasteiger partial charge in [-0.15, -0.1) is 0 Å². The van der Waals surface area contributed by atoms with Gasteiger partial charge in [0.05, 0.1) is 11.3 Å². The SMILES string of the molecule is CCc1ccc2oc(-c3cc(N)c(F)cc3F)nc2c1. The third kappa shape index (κ3) is 2.01. The Labute approximate surface area is 114 Å². The molecule has 0 saturated carbocycles. The summed E-state index contributed by atoms with van der Waals surface area (Å²) in [7, 11) is 0. The first-order chi connectivity index (χ1) is 9.58. The zero-order chi connectivity index (χ0) is 14.3. The zero-order valence-electron chi connectivity index (χ0n) is 10.8. The summed E-state index contributed by atoms with van der Waals surface area (Å²) in [5.74, 6) is -1.45. The van der Waals surface area contributed by atoms with Crippen LogP contribution < -0.4 is 5.73 Å². The quantitative estimate of drug-likeness (QED) is 0.721. The van der Waals surface area contributed by atoms with E-state index >= 15 is 0 Å². The molecule has 3 rings (SSSR count). The van der Waals surface area contributed by atoms with E-state index in [-0.39, 0.29) is 17.1 Å². The van der Waals surface area contributed by atoms with E-state index in [4.69, 9.17) is 10.2 Å². The number of rotatable bonds is 2. The molecule has 20 heavy (non-hydrogen) atoms. The second-order valence-corrected chi connectivity index (χ2v) is 4.53. The molecule has 0 atom stereocenters. The minimum absolute atomic E-state index is 0.0538. The fraction of sp³-hybridized carbons (Fsp3) is 0.133. The van der Waals surface area contributed by atoms with Gasteiger partial charge in [0.15, 0.2) is 5.58 Å². The van der Waals surface area contributed by atoms with Crippen LogP contribution in [0.2, 0.25) is 0 Å². The first kappa shape index (κ1) is 12.6. The van der Waals surface area contributed by atoms with Crippen LogP contribution in [0.25, 0.3) is 22.6 Å². The van der Waals surface area contributed by atoms with Crippen LogP contribution in [0.15, 0.2) is 34.7 Å². The highest BCUT2D eigenvalue weighted by molar-refractivity contribution is 5.77. The summed E-state index contributed by atoms with van der Waals surface area (Å²) in [5.41, 5.74) is 7.67. The molecule has 1 heterocycles. The maximum Gasteiger partial charge on any atom is 0.230 e. The number of aromatic nitrogens is 1. The standard InChI is InChI=1S/C15H12F2N2O/c1-2-8-3-4-14-13(5-8)19-15(20-14)9-6-12(18)11(17)7-10(9)16/h3-7H,2,18H2,1H3. The molecule has 1 aromatic heterocycles. The molecule has 0 saturated heterocycles. The summed E-state index contributed by atoms with van der Waals surface area (Å²) in [6.45, 7) is 2.03. The summed E-state index contributed by atoms with van der Waals surface area (Å²) >= 11 is 0. The summed E-state index contributed by atoms with van der Waals surface area (Å²) in [6, 6.07) is 7.52. The number of hydrogen-bond donors (Lipinski definition) is 1. The molecule has 3 nitrogen and oxygen atoms in total. The highest BCUT2D eigenvalue weighted by atomic mass is 19.1. The maximum absolute atomic E-state index is 13.8. The van der Waals surface area contributed by atoms with Crippen molar-refractivity contribution in [3.8, 4) is 11.5 Å². The molecule has 3 aromatic rings. The molecule has 0 aliphatic rings. The molecule has 0 aliphatic carbocycles. The molecule has 0 fully saturated rings. The second kappa shape index (κ2) is 4.59. The fourth-order valence-electron chi connectivity index (χ4n) is 2.04. The van der Waals surface area contributed by atoms with Crippen LogP contribution in [0.4, 0.5) is 14.5 Å². The van der Waals surface area contributed by atoms with E-state index in [2.05, 4.69) is 4.98 Å². The van der Waals surface area contributed by atoms with E-state index in [9.17, 15) is 8.78 Å². The topological polar surface area (TPSA) is 52.0 Å². The van der Waals surface area contributed by atoms with Gasteiger partial charge in [0, 0.05) is 6.07 Å². The number of anilines is 1. The Kier molecular flexibility index (Phi) is 2.89. The number of hydrogen-bond acceptors (Lipinski definition) is 3. The summed E-state index contributed by atoms with van der Waals surface area (Å²) in [5, 5.41) is 0. The molecule has 2 aromatic carbocycles. The van der Waals surface area contributed by atoms with E-state index in [1.54, 1.807) is 6.07 Å². The van der Waals surface area contributed by atoms with Gasteiger partial charge in [-0.25, -0.2) is 13.8 Å². The molecule has 0 unspecified atom stereocenters. The smallest absolute Gasteiger partial charge is 0.230 e. The molecule has 0 radical (unpaired) electrons. The lowest BCUT2D eigenvalue weighted by Crippen LogP contribution is -1.94. The van der Waals surface area contributed by atoms with E-state index in [0.717, 1.165) is 18.1 Å². The molecule has 0 amide bonds. The number of nitrogen functional groups attached to an aromatic ring is 1. The second-order valence-electron chi connectivity index (χ2n) is 4.53. The van der Waals surface area contributed by atoms with Crippen LogP contribution in [0.1, 0.15) is 12.5 Å². The van der Waals surface area contributed by atoms with Crippen molar-refractivity contribution in [2.75, 3.05) is 5.73 Å². The normalized spacial score (nSPS) is 11.2. The molecule has 5 heteroatoms. The Bertz CT molecular complexity index is 796. The third-order valence-corrected chi connectivity index (χ3v) is 3.18. The number of nitrogens with two attached hydrogens (primary N) is 1. The minimum atomic E-state index is -0.796. The Morgan fingerprint density at radius 2 is 1.95 bits per heavy atom. The average Bonchev–Trinajstić information content (AvgIpc) is 2.85.